The van der Waals surface area contributed by atoms with Crippen LogP contribution in [0.15, 0.2) is 42.6 Å². The number of hydrogen-bond donors (Lipinski definition) is 0. The Morgan fingerprint density at radius 1 is 1.19 bits per heavy atom. The fourth-order valence-electron chi connectivity index (χ4n) is 4.27. The highest BCUT2D eigenvalue weighted by Crippen LogP contribution is 2.35. The summed E-state index contributed by atoms with van der Waals surface area (Å²) >= 11 is 0. The average molecular weight is 348 g/mol. The van der Waals surface area contributed by atoms with Gasteiger partial charge in [0.05, 0.1) is 18.7 Å². The molecule has 2 aromatic rings. The van der Waals surface area contributed by atoms with Crippen LogP contribution >= 0.6 is 0 Å². The lowest BCUT2D eigenvalue weighted by atomic mass is 9.92. The molecular weight excluding hydrogens is 324 g/mol. The van der Waals surface area contributed by atoms with Crippen LogP contribution in [-0.4, -0.2) is 42.7 Å². The van der Waals surface area contributed by atoms with Gasteiger partial charge < -0.3 is 9.64 Å². The second-order valence-corrected chi connectivity index (χ2v) is 7.20. The number of nitriles is 1. The van der Waals surface area contributed by atoms with Gasteiger partial charge in [-0.15, -0.1) is 0 Å². The normalized spacial score (nSPS) is 22.7. The van der Waals surface area contributed by atoms with Gasteiger partial charge in [-0.2, -0.15) is 5.26 Å². The van der Waals surface area contributed by atoms with Gasteiger partial charge in [0.15, 0.2) is 0 Å². The number of nitrogens with zero attached hydrogens (tertiary/aromatic N) is 4. The van der Waals surface area contributed by atoms with Crippen molar-refractivity contribution in [1.29, 1.82) is 5.26 Å². The van der Waals surface area contributed by atoms with Crippen LogP contribution in [0, 0.1) is 17.2 Å². The number of rotatable bonds is 4. The summed E-state index contributed by atoms with van der Waals surface area (Å²) in [5.74, 6) is 2.58. The maximum Gasteiger partial charge on any atom is 0.130 e. The minimum absolute atomic E-state index is 0.489. The van der Waals surface area contributed by atoms with Crippen LogP contribution in [0.2, 0.25) is 0 Å². The minimum Gasteiger partial charge on any atom is -0.497 e. The molecule has 1 aromatic carbocycles. The van der Waals surface area contributed by atoms with Crippen LogP contribution in [0.4, 0.5) is 5.82 Å². The first-order chi connectivity index (χ1) is 12.8. The van der Waals surface area contributed by atoms with E-state index in [4.69, 9.17) is 10.00 Å². The van der Waals surface area contributed by atoms with Crippen LogP contribution in [0.25, 0.3) is 0 Å². The van der Waals surface area contributed by atoms with E-state index in [-0.39, 0.29) is 0 Å². The molecular formula is C21H24N4O. The van der Waals surface area contributed by atoms with E-state index >= 15 is 0 Å². The lowest BCUT2D eigenvalue weighted by Gasteiger charge is -2.39. The summed E-state index contributed by atoms with van der Waals surface area (Å²) in [6.07, 6.45) is 4.20. The monoisotopic (exact) mass is 348 g/mol. The fourth-order valence-corrected chi connectivity index (χ4v) is 4.27. The Balaban J connectivity index is 1.46. The van der Waals surface area contributed by atoms with E-state index in [1.54, 1.807) is 19.4 Å². The Labute approximate surface area is 154 Å². The molecule has 0 saturated carbocycles. The quantitative estimate of drug-likeness (QED) is 0.850. The number of methoxy groups -OCH3 is 1. The third-order valence-corrected chi connectivity index (χ3v) is 5.68. The second-order valence-electron chi connectivity index (χ2n) is 7.20. The van der Waals surface area contributed by atoms with Crippen molar-refractivity contribution in [2.45, 2.75) is 25.4 Å². The van der Waals surface area contributed by atoms with Gasteiger partial charge in [0, 0.05) is 31.9 Å². The standard InChI is InChI=1S/C21H24N4O/c1-26-19-4-2-16(3-5-19)14-24-10-7-18-8-11-25(20(18)15-24)21-12-17(13-22)6-9-23-21/h2-6,9,12,18,20H,7-8,10-11,14-15H2,1H3/t18-,20-/m0/s1. The van der Waals surface area contributed by atoms with E-state index in [9.17, 15) is 0 Å². The molecule has 0 N–H and O–H groups in total. The van der Waals surface area contributed by atoms with Crippen LogP contribution in [0.1, 0.15) is 24.0 Å². The third-order valence-electron chi connectivity index (χ3n) is 5.68. The van der Waals surface area contributed by atoms with Crippen molar-refractivity contribution in [2.75, 3.05) is 31.6 Å². The number of benzene rings is 1. The predicted molar refractivity (Wildman–Crippen MR) is 101 cm³/mol. The number of ether oxygens (including phenoxy) is 1. The summed E-state index contributed by atoms with van der Waals surface area (Å²) < 4.78 is 5.25. The second kappa shape index (κ2) is 7.35. The van der Waals surface area contributed by atoms with Gasteiger partial charge in [-0.05, 0) is 55.1 Å². The SMILES string of the molecule is COc1ccc(CN2CC[C@H]3CCN(c4cc(C#N)ccn4)[C@H]3C2)cc1. The first kappa shape index (κ1) is 16.9. The van der Waals surface area contributed by atoms with Crippen LogP contribution in [0.5, 0.6) is 5.75 Å². The van der Waals surface area contributed by atoms with Gasteiger partial charge >= 0.3 is 0 Å². The van der Waals surface area contributed by atoms with E-state index in [1.165, 1.54) is 18.4 Å². The predicted octanol–water partition coefficient (Wildman–Crippen LogP) is 3.06. The molecule has 134 valence electrons. The highest BCUT2D eigenvalue weighted by atomic mass is 16.5. The number of pyridine rings is 1. The van der Waals surface area contributed by atoms with Crippen LogP contribution in [0.3, 0.4) is 0 Å². The Kier molecular flexibility index (Phi) is 4.77. The molecule has 0 radical (unpaired) electrons. The number of anilines is 1. The summed E-state index contributed by atoms with van der Waals surface area (Å²) in [6.45, 7) is 4.20. The number of aromatic nitrogens is 1. The maximum absolute atomic E-state index is 9.17. The topological polar surface area (TPSA) is 52.4 Å². The molecule has 0 unspecified atom stereocenters. The molecule has 0 aliphatic carbocycles. The van der Waals surface area contributed by atoms with Gasteiger partial charge in [-0.3, -0.25) is 4.90 Å². The molecule has 5 nitrogen and oxygen atoms in total. The molecule has 3 heterocycles. The van der Waals surface area contributed by atoms with Gasteiger partial charge in [-0.1, -0.05) is 12.1 Å². The molecule has 2 saturated heterocycles. The van der Waals surface area contributed by atoms with Crippen molar-refractivity contribution in [3.05, 3.63) is 53.7 Å². The smallest absolute Gasteiger partial charge is 0.130 e. The Morgan fingerprint density at radius 2 is 2.00 bits per heavy atom. The van der Waals surface area contributed by atoms with Gasteiger partial charge in [0.25, 0.3) is 0 Å². The van der Waals surface area contributed by atoms with Crippen molar-refractivity contribution in [2.24, 2.45) is 5.92 Å². The summed E-state index contributed by atoms with van der Waals surface area (Å²) in [5.41, 5.74) is 2.00. The average Bonchev–Trinajstić information content (AvgIpc) is 3.12. The molecule has 2 atom stereocenters. The van der Waals surface area contributed by atoms with E-state index in [0.717, 1.165) is 43.7 Å². The number of hydrogen-bond acceptors (Lipinski definition) is 5. The number of likely N-dealkylation sites (tertiary alicyclic amines) is 1. The van der Waals surface area contributed by atoms with Gasteiger partial charge in [0.1, 0.15) is 11.6 Å². The summed E-state index contributed by atoms with van der Waals surface area (Å²) in [4.78, 5) is 9.48. The highest BCUT2D eigenvalue weighted by molar-refractivity contribution is 5.47. The first-order valence-corrected chi connectivity index (χ1v) is 9.25. The van der Waals surface area contributed by atoms with E-state index in [0.29, 0.717) is 11.6 Å². The molecule has 26 heavy (non-hydrogen) atoms. The summed E-state index contributed by atoms with van der Waals surface area (Å²) in [6, 6.07) is 14.8. The zero-order chi connectivity index (χ0) is 17.9. The summed E-state index contributed by atoms with van der Waals surface area (Å²) in [5, 5.41) is 9.17. The fraction of sp³-hybridized carbons (Fsp3) is 0.429. The molecule has 2 fully saturated rings. The Bertz CT molecular complexity index is 798. The maximum atomic E-state index is 9.17. The van der Waals surface area contributed by atoms with E-state index < -0.39 is 0 Å². The Hall–Kier alpha value is -2.58. The lowest BCUT2D eigenvalue weighted by Crippen LogP contribution is -2.48. The molecule has 1 aromatic heterocycles. The molecule has 2 aliphatic heterocycles. The van der Waals surface area contributed by atoms with Crippen LogP contribution in [-0.2, 0) is 6.54 Å². The summed E-state index contributed by atoms with van der Waals surface area (Å²) in [7, 11) is 1.70. The molecule has 2 aliphatic rings. The van der Waals surface area contributed by atoms with Crippen LogP contribution < -0.4 is 9.64 Å². The zero-order valence-corrected chi connectivity index (χ0v) is 15.1. The molecule has 5 heteroatoms. The van der Waals surface area contributed by atoms with Gasteiger partial charge in [-0.25, -0.2) is 4.98 Å². The van der Waals surface area contributed by atoms with Crippen molar-refractivity contribution in [3.63, 3.8) is 0 Å². The molecule has 0 bridgehead atoms. The third kappa shape index (κ3) is 3.38. The largest absolute Gasteiger partial charge is 0.497 e. The number of piperidine rings is 1. The molecule has 0 spiro atoms. The minimum atomic E-state index is 0.489. The first-order valence-electron chi connectivity index (χ1n) is 9.25. The van der Waals surface area contributed by atoms with Crippen molar-refractivity contribution >= 4 is 5.82 Å². The van der Waals surface area contributed by atoms with Crippen molar-refractivity contribution in [3.8, 4) is 11.8 Å². The molecule has 4 rings (SSSR count). The zero-order valence-electron chi connectivity index (χ0n) is 15.1. The number of fused-ring (bicyclic) bond motifs is 1. The van der Waals surface area contributed by atoms with E-state index in [2.05, 4.69) is 33.0 Å². The molecule has 0 amide bonds. The highest BCUT2D eigenvalue weighted by Gasteiger charge is 2.38. The Morgan fingerprint density at radius 3 is 2.77 bits per heavy atom. The lowest BCUT2D eigenvalue weighted by molar-refractivity contribution is 0.167. The van der Waals surface area contributed by atoms with Gasteiger partial charge in [0.2, 0.25) is 0 Å². The van der Waals surface area contributed by atoms with E-state index in [1.807, 2.05) is 18.2 Å². The van der Waals surface area contributed by atoms with Crippen molar-refractivity contribution < 1.29 is 4.74 Å². The van der Waals surface area contributed by atoms with Crippen molar-refractivity contribution in [1.82, 2.24) is 9.88 Å².